The van der Waals surface area contributed by atoms with Gasteiger partial charge in [-0.1, -0.05) is 33.1 Å². The first-order valence-corrected chi connectivity index (χ1v) is 9.47. The second-order valence-electron chi connectivity index (χ2n) is 8.32. The molecule has 3 rings (SSSR count). The molecule has 1 aromatic rings. The Morgan fingerprint density at radius 1 is 1.22 bits per heavy atom. The number of ether oxygens (including phenoxy) is 1. The van der Waals surface area contributed by atoms with Crippen LogP contribution in [-0.4, -0.2) is 10.7 Å². The third-order valence-corrected chi connectivity index (χ3v) is 6.00. The maximum atomic E-state index is 10.7. The van der Waals surface area contributed by atoms with Crippen molar-refractivity contribution in [3.63, 3.8) is 0 Å². The van der Waals surface area contributed by atoms with Crippen LogP contribution in [0.4, 0.5) is 0 Å². The van der Waals surface area contributed by atoms with Crippen LogP contribution >= 0.6 is 0 Å². The summed E-state index contributed by atoms with van der Waals surface area (Å²) in [6, 6.07) is 4.19. The van der Waals surface area contributed by atoms with Gasteiger partial charge in [-0.15, -0.1) is 0 Å². The summed E-state index contributed by atoms with van der Waals surface area (Å²) < 4.78 is 6.39. The number of benzene rings is 1. The molecular formula is C21H32O2. The van der Waals surface area contributed by atoms with Crippen molar-refractivity contribution in [3.8, 4) is 11.5 Å². The minimum atomic E-state index is -0.133. The van der Waals surface area contributed by atoms with Crippen molar-refractivity contribution < 1.29 is 9.84 Å². The Hall–Kier alpha value is -1.18. The van der Waals surface area contributed by atoms with Gasteiger partial charge in [0.15, 0.2) is 0 Å². The third kappa shape index (κ3) is 3.22. The van der Waals surface area contributed by atoms with Crippen LogP contribution in [0.15, 0.2) is 12.1 Å². The lowest BCUT2D eigenvalue weighted by atomic mass is 9.64. The molecule has 128 valence electrons. The molecule has 1 N–H and O–H groups in total. The van der Waals surface area contributed by atoms with Crippen molar-refractivity contribution in [1.82, 2.24) is 0 Å². The monoisotopic (exact) mass is 316 g/mol. The van der Waals surface area contributed by atoms with Gasteiger partial charge in [0.2, 0.25) is 0 Å². The van der Waals surface area contributed by atoms with Crippen LogP contribution in [0.25, 0.3) is 0 Å². The molecule has 1 saturated carbocycles. The fourth-order valence-corrected chi connectivity index (χ4v) is 4.74. The quantitative estimate of drug-likeness (QED) is 0.710. The van der Waals surface area contributed by atoms with Crippen LogP contribution in [0.3, 0.4) is 0 Å². The predicted molar refractivity (Wildman–Crippen MR) is 95.3 cm³/mol. The molecule has 1 aliphatic carbocycles. The highest BCUT2D eigenvalue weighted by Gasteiger charge is 2.47. The molecular weight excluding hydrogens is 284 g/mol. The molecule has 2 heteroatoms. The second kappa shape index (κ2) is 6.37. The summed E-state index contributed by atoms with van der Waals surface area (Å²) in [5.74, 6) is 3.11. The fourth-order valence-electron chi connectivity index (χ4n) is 4.74. The molecule has 0 bridgehead atoms. The minimum absolute atomic E-state index is 0.133. The van der Waals surface area contributed by atoms with E-state index in [1.807, 2.05) is 6.07 Å². The van der Waals surface area contributed by atoms with E-state index < -0.39 is 0 Å². The maximum Gasteiger partial charge on any atom is 0.127 e. The van der Waals surface area contributed by atoms with Gasteiger partial charge in [0, 0.05) is 11.5 Å². The standard InChI is InChI=1S/C21H32O2/c1-5-6-7-8-15-12-18(22)20-16-11-14(2)9-10-17(16)21(3,4)23-19(20)13-15/h12-14,16-17,22H,5-11H2,1-4H3/t14-,16?,17-/m1/s1. The molecule has 0 radical (unpaired) electrons. The zero-order valence-corrected chi connectivity index (χ0v) is 15.2. The summed E-state index contributed by atoms with van der Waals surface area (Å²) in [4.78, 5) is 0. The lowest BCUT2D eigenvalue weighted by Gasteiger charge is -2.48. The number of hydrogen-bond acceptors (Lipinski definition) is 2. The molecule has 1 aromatic carbocycles. The first-order valence-electron chi connectivity index (χ1n) is 9.47. The van der Waals surface area contributed by atoms with Crippen LogP contribution in [0, 0.1) is 11.8 Å². The van der Waals surface area contributed by atoms with Gasteiger partial charge in [0.05, 0.1) is 0 Å². The largest absolute Gasteiger partial charge is 0.508 e. The van der Waals surface area contributed by atoms with Crippen LogP contribution in [0.1, 0.15) is 83.3 Å². The lowest BCUT2D eigenvalue weighted by molar-refractivity contribution is -0.0145. The number of phenolic OH excluding ortho intramolecular Hbond substituents is 1. The highest BCUT2D eigenvalue weighted by atomic mass is 16.5. The highest BCUT2D eigenvalue weighted by Crippen LogP contribution is 2.55. The van der Waals surface area contributed by atoms with E-state index >= 15 is 0 Å². The number of aromatic hydroxyl groups is 1. The van der Waals surface area contributed by atoms with Crippen molar-refractivity contribution in [1.29, 1.82) is 0 Å². The molecule has 0 spiro atoms. The van der Waals surface area contributed by atoms with Gasteiger partial charge in [-0.3, -0.25) is 0 Å². The van der Waals surface area contributed by atoms with E-state index in [4.69, 9.17) is 4.74 Å². The van der Waals surface area contributed by atoms with Crippen LogP contribution in [0.2, 0.25) is 0 Å². The van der Waals surface area contributed by atoms with Gasteiger partial charge in [-0.25, -0.2) is 0 Å². The summed E-state index contributed by atoms with van der Waals surface area (Å²) >= 11 is 0. The van der Waals surface area contributed by atoms with E-state index in [9.17, 15) is 5.11 Å². The first kappa shape index (κ1) is 16.7. The topological polar surface area (TPSA) is 29.5 Å². The third-order valence-electron chi connectivity index (χ3n) is 6.00. The Balaban J connectivity index is 1.94. The number of aryl methyl sites for hydroxylation is 1. The number of hydrogen-bond donors (Lipinski definition) is 1. The Bertz CT molecular complexity index is 561. The van der Waals surface area contributed by atoms with Gasteiger partial charge in [-0.2, -0.15) is 0 Å². The van der Waals surface area contributed by atoms with Crippen molar-refractivity contribution in [3.05, 3.63) is 23.3 Å². The van der Waals surface area contributed by atoms with E-state index in [0.29, 0.717) is 17.6 Å². The molecule has 2 aliphatic rings. The van der Waals surface area contributed by atoms with Crippen molar-refractivity contribution in [2.45, 2.75) is 84.2 Å². The van der Waals surface area contributed by atoms with E-state index in [-0.39, 0.29) is 5.60 Å². The average molecular weight is 316 g/mol. The van der Waals surface area contributed by atoms with Gasteiger partial charge >= 0.3 is 0 Å². The highest BCUT2D eigenvalue weighted by molar-refractivity contribution is 5.52. The van der Waals surface area contributed by atoms with E-state index in [2.05, 4.69) is 33.8 Å². The molecule has 1 heterocycles. The smallest absolute Gasteiger partial charge is 0.127 e. The Morgan fingerprint density at radius 3 is 2.74 bits per heavy atom. The van der Waals surface area contributed by atoms with Crippen molar-refractivity contribution in [2.24, 2.45) is 11.8 Å². The van der Waals surface area contributed by atoms with E-state index in [1.165, 1.54) is 44.1 Å². The number of rotatable bonds is 4. The maximum absolute atomic E-state index is 10.7. The molecule has 0 aromatic heterocycles. The Morgan fingerprint density at radius 2 is 2.00 bits per heavy atom. The minimum Gasteiger partial charge on any atom is -0.508 e. The Kier molecular flexibility index (Phi) is 4.62. The summed E-state index contributed by atoms with van der Waals surface area (Å²) in [6.07, 6.45) is 8.33. The summed E-state index contributed by atoms with van der Waals surface area (Å²) in [5, 5.41) is 10.7. The molecule has 23 heavy (non-hydrogen) atoms. The lowest BCUT2D eigenvalue weighted by Crippen LogP contribution is -2.46. The SMILES string of the molecule is CCCCCc1cc(O)c2c(c1)OC(C)(C)[C@@H]1CC[C@@H](C)CC21. The fraction of sp³-hybridized carbons (Fsp3) is 0.714. The molecule has 3 atom stereocenters. The summed E-state index contributed by atoms with van der Waals surface area (Å²) in [7, 11) is 0. The zero-order chi connectivity index (χ0) is 16.6. The average Bonchev–Trinajstić information content (AvgIpc) is 2.46. The van der Waals surface area contributed by atoms with Gasteiger partial charge in [0.25, 0.3) is 0 Å². The molecule has 2 nitrogen and oxygen atoms in total. The number of unbranched alkanes of at least 4 members (excludes halogenated alkanes) is 2. The van der Waals surface area contributed by atoms with Gasteiger partial charge < -0.3 is 9.84 Å². The van der Waals surface area contributed by atoms with Gasteiger partial charge in [0.1, 0.15) is 17.1 Å². The van der Waals surface area contributed by atoms with Gasteiger partial charge in [-0.05, 0) is 69.1 Å². The van der Waals surface area contributed by atoms with E-state index in [1.54, 1.807) is 0 Å². The normalized spacial score (nSPS) is 28.6. The molecule has 0 amide bonds. The molecule has 1 aliphatic heterocycles. The second-order valence-corrected chi connectivity index (χ2v) is 8.32. The molecule has 0 saturated heterocycles. The van der Waals surface area contributed by atoms with Crippen LogP contribution in [-0.2, 0) is 6.42 Å². The van der Waals surface area contributed by atoms with Crippen molar-refractivity contribution in [2.75, 3.05) is 0 Å². The van der Waals surface area contributed by atoms with Crippen molar-refractivity contribution >= 4 is 0 Å². The van der Waals surface area contributed by atoms with E-state index in [0.717, 1.165) is 23.7 Å². The van der Waals surface area contributed by atoms with Crippen LogP contribution in [0.5, 0.6) is 11.5 Å². The summed E-state index contributed by atoms with van der Waals surface area (Å²) in [5.41, 5.74) is 2.17. The predicted octanol–water partition coefficient (Wildman–Crippen LogP) is 5.82. The molecule has 1 fully saturated rings. The number of fused-ring (bicyclic) bond motifs is 3. The zero-order valence-electron chi connectivity index (χ0n) is 15.2. The summed E-state index contributed by atoms with van der Waals surface area (Å²) in [6.45, 7) is 9.02. The molecule has 1 unspecified atom stereocenters. The first-order chi connectivity index (χ1) is 10.9. The number of phenols is 1. The Labute approximate surface area is 141 Å². The van der Waals surface area contributed by atoms with Crippen LogP contribution < -0.4 is 4.74 Å².